The van der Waals surface area contributed by atoms with Gasteiger partial charge in [-0.05, 0) is 6.42 Å². The van der Waals surface area contributed by atoms with E-state index in [2.05, 4.69) is 9.47 Å². The molecule has 9 heteroatoms. The first-order valence-corrected chi connectivity index (χ1v) is 5.90. The van der Waals surface area contributed by atoms with Gasteiger partial charge in [0.15, 0.2) is 6.23 Å². The summed E-state index contributed by atoms with van der Waals surface area (Å²) in [5, 5.41) is 18.7. The average Bonchev–Trinajstić information content (AvgIpc) is 2.46. The van der Waals surface area contributed by atoms with Crippen LogP contribution in [-0.2, 0) is 14.3 Å². The Morgan fingerprint density at radius 3 is 2.19 bits per heavy atom. The van der Waals surface area contributed by atoms with E-state index in [1.54, 1.807) is 0 Å². The van der Waals surface area contributed by atoms with Crippen molar-refractivity contribution in [2.45, 2.75) is 18.7 Å². The number of hydrogen-bond acceptors (Lipinski definition) is 6. The molecular weight excluding hydrogens is 284 g/mol. The summed E-state index contributed by atoms with van der Waals surface area (Å²) in [6.07, 6.45) is 1.60. The van der Waals surface area contributed by atoms with Crippen LogP contribution in [0.4, 0.5) is 9.59 Å². The predicted molar refractivity (Wildman–Crippen MR) is 68.8 cm³/mol. The number of ether oxygens (including phenoxy) is 2. The highest BCUT2D eigenvalue weighted by Gasteiger charge is 2.37. The van der Waals surface area contributed by atoms with Crippen LogP contribution in [0.5, 0.6) is 0 Å². The number of methoxy groups -OCH3 is 2. The molecule has 0 bridgehead atoms. The lowest BCUT2D eigenvalue weighted by Gasteiger charge is -2.38. The predicted octanol–water partition coefficient (Wildman–Crippen LogP) is 0.326. The third-order valence-corrected chi connectivity index (χ3v) is 2.78. The highest BCUT2D eigenvalue weighted by atomic mass is 16.6. The van der Waals surface area contributed by atoms with Crippen LogP contribution in [0.1, 0.15) is 6.42 Å². The van der Waals surface area contributed by atoms with Crippen molar-refractivity contribution in [1.29, 1.82) is 0 Å². The van der Waals surface area contributed by atoms with E-state index in [-0.39, 0.29) is 6.42 Å². The lowest BCUT2D eigenvalue weighted by molar-refractivity contribution is -0.131. The molecule has 2 N–H and O–H groups in total. The summed E-state index contributed by atoms with van der Waals surface area (Å²) in [5.41, 5.74) is 0. The molecule has 0 aliphatic carbocycles. The fourth-order valence-corrected chi connectivity index (χ4v) is 1.79. The largest absolute Gasteiger partial charge is 0.478 e. The molecule has 2 atom stereocenters. The van der Waals surface area contributed by atoms with Crippen molar-refractivity contribution in [3.63, 3.8) is 0 Å². The third-order valence-electron chi connectivity index (χ3n) is 2.78. The van der Waals surface area contributed by atoms with E-state index in [0.29, 0.717) is 0 Å². The van der Waals surface area contributed by atoms with Gasteiger partial charge in [0.2, 0.25) is 0 Å². The second-order valence-corrected chi connectivity index (χ2v) is 4.01. The summed E-state index contributed by atoms with van der Waals surface area (Å²) >= 11 is 0. The molecule has 0 saturated carbocycles. The number of aliphatic hydroxyl groups excluding tert-OH is 1. The van der Waals surface area contributed by atoms with Crippen LogP contribution in [0.2, 0.25) is 0 Å². The molecule has 0 radical (unpaired) electrons. The van der Waals surface area contributed by atoms with Crippen molar-refractivity contribution in [3.8, 4) is 0 Å². The number of hydrogen-bond donors (Lipinski definition) is 2. The zero-order chi connectivity index (χ0) is 16.0. The second kappa shape index (κ2) is 7.29. The zero-order valence-corrected chi connectivity index (χ0v) is 11.5. The number of carbonyl (C=O) groups is 3. The first kappa shape index (κ1) is 16.5. The Morgan fingerprint density at radius 2 is 1.67 bits per heavy atom. The Balaban J connectivity index is 2.99. The van der Waals surface area contributed by atoms with E-state index in [4.69, 9.17) is 5.11 Å². The molecular formula is C12H16N2O7. The van der Waals surface area contributed by atoms with Gasteiger partial charge in [-0.3, -0.25) is 9.80 Å². The van der Waals surface area contributed by atoms with Gasteiger partial charge in [-0.15, -0.1) is 0 Å². The minimum atomic E-state index is -1.40. The van der Waals surface area contributed by atoms with Gasteiger partial charge < -0.3 is 19.7 Å². The molecule has 0 aromatic heterocycles. The van der Waals surface area contributed by atoms with Gasteiger partial charge in [-0.2, -0.15) is 0 Å². The summed E-state index contributed by atoms with van der Waals surface area (Å²) in [6, 6.07) is -0.905. The molecule has 1 rings (SSSR count). The van der Waals surface area contributed by atoms with Crippen LogP contribution in [0, 0.1) is 0 Å². The number of carboxylic acids is 1. The van der Waals surface area contributed by atoms with Crippen molar-refractivity contribution in [2.75, 3.05) is 14.2 Å². The first-order chi connectivity index (χ1) is 9.92. The summed E-state index contributed by atoms with van der Waals surface area (Å²) < 4.78 is 9.07. The van der Waals surface area contributed by atoms with Crippen molar-refractivity contribution in [1.82, 2.24) is 9.80 Å². The monoisotopic (exact) mass is 300 g/mol. The van der Waals surface area contributed by atoms with E-state index >= 15 is 0 Å². The van der Waals surface area contributed by atoms with Gasteiger partial charge in [-0.1, -0.05) is 6.08 Å². The van der Waals surface area contributed by atoms with Crippen molar-refractivity contribution in [2.24, 2.45) is 0 Å². The van der Waals surface area contributed by atoms with Gasteiger partial charge in [-0.25, -0.2) is 14.4 Å². The lowest BCUT2D eigenvalue weighted by Crippen LogP contribution is -2.55. The van der Waals surface area contributed by atoms with Gasteiger partial charge in [0.1, 0.15) is 0 Å². The first-order valence-electron chi connectivity index (χ1n) is 5.90. The topological polar surface area (TPSA) is 117 Å². The molecule has 0 spiro atoms. The van der Waals surface area contributed by atoms with E-state index < -0.39 is 30.4 Å². The van der Waals surface area contributed by atoms with E-state index in [1.807, 2.05) is 0 Å². The molecule has 0 saturated heterocycles. The number of carboxylic acid groups (broad SMARTS) is 1. The fourth-order valence-electron chi connectivity index (χ4n) is 1.79. The third kappa shape index (κ3) is 3.96. The van der Waals surface area contributed by atoms with Crippen molar-refractivity contribution >= 4 is 18.2 Å². The van der Waals surface area contributed by atoms with Crippen LogP contribution in [0.15, 0.2) is 24.6 Å². The summed E-state index contributed by atoms with van der Waals surface area (Å²) in [4.78, 5) is 35.5. The summed E-state index contributed by atoms with van der Waals surface area (Å²) in [7, 11) is 2.31. The van der Waals surface area contributed by atoms with Gasteiger partial charge >= 0.3 is 18.2 Å². The maximum absolute atomic E-state index is 11.6. The average molecular weight is 300 g/mol. The number of aliphatic carboxylic acids is 1. The van der Waals surface area contributed by atoms with Gasteiger partial charge in [0, 0.05) is 18.5 Å². The molecule has 0 aromatic carbocycles. The fraction of sp³-hybridized carbons (Fsp3) is 0.417. The quantitative estimate of drug-likeness (QED) is 0.721. The van der Waals surface area contributed by atoms with Crippen molar-refractivity contribution < 1.29 is 34.1 Å². The molecule has 1 aliphatic rings. The molecule has 21 heavy (non-hydrogen) atoms. The van der Waals surface area contributed by atoms with Crippen LogP contribution < -0.4 is 0 Å². The Morgan fingerprint density at radius 1 is 1.14 bits per heavy atom. The standard InChI is InChI=1S/C12H16N2O7/c1-20-11(18)13-6-7-14(12(19)21-2)10(17)8(13)4-3-5-9(15)16/h3,5-8,10,17H,4H2,1-2H3,(H,15,16)/b5-3+. The highest BCUT2D eigenvalue weighted by Crippen LogP contribution is 2.21. The maximum Gasteiger partial charge on any atom is 0.415 e. The van der Waals surface area contributed by atoms with Crippen LogP contribution in [0.3, 0.4) is 0 Å². The molecule has 116 valence electrons. The molecule has 0 aromatic rings. The Bertz CT molecular complexity index is 474. The molecule has 1 aliphatic heterocycles. The maximum atomic E-state index is 11.6. The normalized spacial score (nSPS) is 21.5. The lowest BCUT2D eigenvalue weighted by atomic mass is 10.1. The molecule has 2 amide bonds. The van der Waals surface area contributed by atoms with Gasteiger partial charge in [0.05, 0.1) is 20.3 Å². The minimum absolute atomic E-state index is 0.000398. The molecule has 1 heterocycles. The van der Waals surface area contributed by atoms with Crippen LogP contribution in [0.25, 0.3) is 0 Å². The highest BCUT2D eigenvalue weighted by molar-refractivity contribution is 5.79. The van der Waals surface area contributed by atoms with Crippen molar-refractivity contribution in [3.05, 3.63) is 24.6 Å². The number of nitrogens with zero attached hydrogens (tertiary/aromatic N) is 2. The van der Waals surface area contributed by atoms with Gasteiger partial charge in [0.25, 0.3) is 0 Å². The number of amides is 2. The number of rotatable bonds is 3. The van der Waals surface area contributed by atoms with Crippen LogP contribution in [-0.4, -0.2) is 64.7 Å². The van der Waals surface area contributed by atoms with E-state index in [9.17, 15) is 19.5 Å². The molecule has 0 fully saturated rings. The number of carbonyl (C=O) groups excluding carboxylic acids is 2. The number of aliphatic hydroxyl groups is 1. The van der Waals surface area contributed by atoms with E-state index in [0.717, 1.165) is 23.0 Å². The molecule has 9 nitrogen and oxygen atoms in total. The Kier molecular flexibility index (Phi) is 5.73. The summed E-state index contributed by atoms with van der Waals surface area (Å²) in [5.74, 6) is -1.16. The molecule has 2 unspecified atom stereocenters. The Hall–Kier alpha value is -2.55. The second-order valence-electron chi connectivity index (χ2n) is 4.01. The SMILES string of the molecule is COC(=O)N1C=CN(C(=O)OC)C(C/C=C/C(=O)O)C1O. The smallest absolute Gasteiger partial charge is 0.415 e. The summed E-state index contributed by atoms with van der Waals surface area (Å²) in [6.45, 7) is 0. The minimum Gasteiger partial charge on any atom is -0.478 e. The Labute approximate surface area is 120 Å². The van der Waals surface area contributed by atoms with E-state index in [1.165, 1.54) is 25.6 Å². The zero-order valence-electron chi connectivity index (χ0n) is 11.5. The van der Waals surface area contributed by atoms with Crippen LogP contribution >= 0.6 is 0 Å².